The van der Waals surface area contributed by atoms with E-state index in [2.05, 4.69) is 12.0 Å². The zero-order valence-electron chi connectivity index (χ0n) is 13.6. The molecule has 22 heavy (non-hydrogen) atoms. The van der Waals surface area contributed by atoms with E-state index in [-0.39, 0.29) is 12.0 Å². The lowest BCUT2D eigenvalue weighted by Gasteiger charge is -2.22. The van der Waals surface area contributed by atoms with Gasteiger partial charge in [0.05, 0.1) is 6.10 Å². The summed E-state index contributed by atoms with van der Waals surface area (Å²) in [4.78, 5) is 14.9. The summed E-state index contributed by atoms with van der Waals surface area (Å²) in [5.74, 6) is 0.0714. The van der Waals surface area contributed by atoms with Crippen LogP contribution in [0.1, 0.15) is 67.2 Å². The molecule has 1 aliphatic heterocycles. The zero-order chi connectivity index (χ0) is 15.5. The van der Waals surface area contributed by atoms with E-state index in [0.717, 1.165) is 57.3 Å². The molecule has 1 aliphatic carbocycles. The highest BCUT2D eigenvalue weighted by molar-refractivity contribution is 5.94. The van der Waals surface area contributed by atoms with Gasteiger partial charge < -0.3 is 10.0 Å². The standard InChI is InChI=1S/C17H27N3O2/c1-2-9-20-15-8-7-13(21)12-14(15)16(18-20)17(22)19-10-5-3-4-6-11-19/h13,21H,2-12H2,1H3. The maximum Gasteiger partial charge on any atom is 0.274 e. The molecule has 1 N–H and O–H groups in total. The van der Waals surface area contributed by atoms with Gasteiger partial charge in [-0.2, -0.15) is 5.10 Å². The van der Waals surface area contributed by atoms with Crippen LogP contribution in [0.3, 0.4) is 0 Å². The molecule has 5 heteroatoms. The molecule has 1 amide bonds. The van der Waals surface area contributed by atoms with Gasteiger partial charge in [-0.1, -0.05) is 19.8 Å². The summed E-state index contributed by atoms with van der Waals surface area (Å²) < 4.78 is 2.01. The number of rotatable bonds is 3. The zero-order valence-corrected chi connectivity index (χ0v) is 13.6. The molecule has 3 rings (SSSR count). The number of hydrogen-bond donors (Lipinski definition) is 1. The summed E-state index contributed by atoms with van der Waals surface area (Å²) in [5.41, 5.74) is 2.77. The number of fused-ring (bicyclic) bond motifs is 1. The Labute approximate surface area is 132 Å². The highest BCUT2D eigenvalue weighted by atomic mass is 16.3. The van der Waals surface area contributed by atoms with Crippen molar-refractivity contribution in [3.63, 3.8) is 0 Å². The summed E-state index contributed by atoms with van der Waals surface area (Å²) >= 11 is 0. The van der Waals surface area contributed by atoms with Crippen molar-refractivity contribution in [2.45, 2.75) is 70.9 Å². The summed E-state index contributed by atoms with van der Waals surface area (Å²) in [6, 6.07) is 0. The molecular weight excluding hydrogens is 278 g/mol. The number of amides is 1. The van der Waals surface area contributed by atoms with Crippen molar-refractivity contribution in [1.29, 1.82) is 0 Å². The third kappa shape index (κ3) is 3.05. The van der Waals surface area contributed by atoms with Crippen LogP contribution in [0.25, 0.3) is 0 Å². The van der Waals surface area contributed by atoms with E-state index < -0.39 is 0 Å². The molecule has 1 unspecified atom stereocenters. The minimum atomic E-state index is -0.331. The van der Waals surface area contributed by atoms with E-state index >= 15 is 0 Å². The molecule has 0 aromatic carbocycles. The van der Waals surface area contributed by atoms with Crippen LogP contribution in [0.2, 0.25) is 0 Å². The molecule has 2 heterocycles. The summed E-state index contributed by atoms with van der Waals surface area (Å²) in [6.07, 6.45) is 7.47. The fourth-order valence-electron chi connectivity index (χ4n) is 3.66. The van der Waals surface area contributed by atoms with E-state index in [4.69, 9.17) is 0 Å². The van der Waals surface area contributed by atoms with E-state index in [9.17, 15) is 9.90 Å². The minimum Gasteiger partial charge on any atom is -0.393 e. The van der Waals surface area contributed by atoms with Crippen LogP contribution >= 0.6 is 0 Å². The van der Waals surface area contributed by atoms with Gasteiger partial charge in [-0.25, -0.2) is 0 Å². The second-order valence-corrected chi connectivity index (χ2v) is 6.60. The van der Waals surface area contributed by atoms with Crippen molar-refractivity contribution in [3.05, 3.63) is 17.0 Å². The van der Waals surface area contributed by atoms with Gasteiger partial charge in [0.15, 0.2) is 5.69 Å². The third-order valence-corrected chi connectivity index (χ3v) is 4.85. The number of nitrogens with zero attached hydrogens (tertiary/aromatic N) is 3. The fraction of sp³-hybridized carbons (Fsp3) is 0.765. The van der Waals surface area contributed by atoms with Crippen molar-refractivity contribution >= 4 is 5.91 Å². The number of carbonyl (C=O) groups is 1. The highest BCUT2D eigenvalue weighted by Gasteiger charge is 2.30. The second-order valence-electron chi connectivity index (χ2n) is 6.60. The Morgan fingerprint density at radius 3 is 2.68 bits per heavy atom. The molecule has 1 saturated heterocycles. The first-order valence-electron chi connectivity index (χ1n) is 8.76. The molecule has 1 aromatic heterocycles. The molecule has 1 fully saturated rings. The third-order valence-electron chi connectivity index (χ3n) is 4.85. The first kappa shape index (κ1) is 15.5. The number of carbonyl (C=O) groups excluding carboxylic acids is 1. The summed E-state index contributed by atoms with van der Waals surface area (Å²) in [5, 5.41) is 14.6. The van der Waals surface area contributed by atoms with Gasteiger partial charge in [-0.3, -0.25) is 9.48 Å². The molecule has 1 aromatic rings. The van der Waals surface area contributed by atoms with Crippen molar-refractivity contribution in [2.75, 3.05) is 13.1 Å². The van der Waals surface area contributed by atoms with Gasteiger partial charge in [-0.05, 0) is 32.1 Å². The van der Waals surface area contributed by atoms with Crippen LogP contribution in [0, 0.1) is 0 Å². The Balaban J connectivity index is 1.90. The van der Waals surface area contributed by atoms with Gasteiger partial charge in [0.25, 0.3) is 5.91 Å². The average molecular weight is 305 g/mol. The Kier molecular flexibility index (Phi) is 4.81. The van der Waals surface area contributed by atoms with Gasteiger partial charge >= 0.3 is 0 Å². The van der Waals surface area contributed by atoms with Crippen molar-refractivity contribution in [1.82, 2.24) is 14.7 Å². The number of aromatic nitrogens is 2. The van der Waals surface area contributed by atoms with Crippen LogP contribution in [-0.2, 0) is 19.4 Å². The molecule has 0 bridgehead atoms. The molecule has 0 spiro atoms. The largest absolute Gasteiger partial charge is 0.393 e. The summed E-state index contributed by atoms with van der Waals surface area (Å²) in [7, 11) is 0. The Hall–Kier alpha value is -1.36. The highest BCUT2D eigenvalue weighted by Crippen LogP contribution is 2.26. The predicted molar refractivity (Wildman–Crippen MR) is 84.9 cm³/mol. The Morgan fingerprint density at radius 2 is 2.00 bits per heavy atom. The SMILES string of the molecule is CCCn1nc(C(=O)N2CCCCCC2)c2c1CCC(O)C2. The molecule has 5 nitrogen and oxygen atoms in total. The van der Waals surface area contributed by atoms with Crippen molar-refractivity contribution < 1.29 is 9.90 Å². The number of aryl methyl sites for hydroxylation is 1. The van der Waals surface area contributed by atoms with Gasteiger partial charge in [0.1, 0.15) is 0 Å². The van der Waals surface area contributed by atoms with Crippen LogP contribution in [0.5, 0.6) is 0 Å². The lowest BCUT2D eigenvalue weighted by Crippen LogP contribution is -2.33. The second kappa shape index (κ2) is 6.82. The maximum atomic E-state index is 12.9. The maximum absolute atomic E-state index is 12.9. The molecule has 1 atom stereocenters. The Bertz CT molecular complexity index is 530. The lowest BCUT2D eigenvalue weighted by atomic mass is 9.93. The molecule has 2 aliphatic rings. The molecule has 0 radical (unpaired) electrons. The monoisotopic (exact) mass is 305 g/mol. The van der Waals surface area contributed by atoms with E-state index in [1.54, 1.807) is 0 Å². The van der Waals surface area contributed by atoms with Gasteiger partial charge in [0.2, 0.25) is 0 Å². The van der Waals surface area contributed by atoms with Gasteiger partial charge in [0, 0.05) is 37.3 Å². The minimum absolute atomic E-state index is 0.0714. The van der Waals surface area contributed by atoms with Crippen LogP contribution in [0.4, 0.5) is 0 Å². The summed E-state index contributed by atoms with van der Waals surface area (Å²) in [6.45, 7) is 4.67. The van der Waals surface area contributed by atoms with Crippen molar-refractivity contribution in [2.24, 2.45) is 0 Å². The van der Waals surface area contributed by atoms with E-state index in [1.165, 1.54) is 18.5 Å². The molecule has 122 valence electrons. The first-order valence-corrected chi connectivity index (χ1v) is 8.76. The average Bonchev–Trinajstić information content (AvgIpc) is 2.70. The number of aliphatic hydroxyl groups is 1. The molecule has 0 saturated carbocycles. The topological polar surface area (TPSA) is 58.4 Å². The van der Waals surface area contributed by atoms with Gasteiger partial charge in [-0.15, -0.1) is 0 Å². The number of hydrogen-bond acceptors (Lipinski definition) is 3. The Morgan fingerprint density at radius 1 is 1.27 bits per heavy atom. The quantitative estimate of drug-likeness (QED) is 0.931. The number of aliphatic hydroxyl groups excluding tert-OH is 1. The molecular formula is C17H27N3O2. The van der Waals surface area contributed by atoms with Crippen molar-refractivity contribution in [3.8, 4) is 0 Å². The smallest absolute Gasteiger partial charge is 0.274 e. The number of likely N-dealkylation sites (tertiary alicyclic amines) is 1. The van der Waals surface area contributed by atoms with E-state index in [0.29, 0.717) is 12.1 Å². The normalized spacial score (nSPS) is 22.3. The predicted octanol–water partition coefficient (Wildman–Crippen LogP) is 2.16. The van der Waals surface area contributed by atoms with Crippen LogP contribution < -0.4 is 0 Å². The van der Waals surface area contributed by atoms with E-state index in [1.807, 2.05) is 9.58 Å². The lowest BCUT2D eigenvalue weighted by molar-refractivity contribution is 0.0752. The first-order chi connectivity index (χ1) is 10.7. The van der Waals surface area contributed by atoms with Crippen LogP contribution in [0.15, 0.2) is 0 Å². The van der Waals surface area contributed by atoms with Crippen LogP contribution in [-0.4, -0.2) is 44.9 Å². The fourth-order valence-corrected chi connectivity index (χ4v) is 3.66.